The molecule has 6 nitrogen and oxygen atoms in total. The van der Waals surface area contributed by atoms with Crippen LogP contribution in [0.3, 0.4) is 0 Å². The minimum atomic E-state index is -0.454. The highest BCUT2D eigenvalue weighted by molar-refractivity contribution is 5.98. The number of nitrogens with one attached hydrogen (secondary N) is 1. The van der Waals surface area contributed by atoms with E-state index >= 15 is 0 Å². The minimum Gasteiger partial charge on any atom is -0.339 e. The summed E-state index contributed by atoms with van der Waals surface area (Å²) in [6, 6.07) is 20.0. The fraction of sp³-hybridized carbons (Fsp3) is 0.346. The lowest BCUT2D eigenvalue weighted by atomic mass is 9.85. The van der Waals surface area contributed by atoms with Gasteiger partial charge in [0.1, 0.15) is 5.54 Å². The molecule has 3 aromatic rings. The number of ketones is 1. The van der Waals surface area contributed by atoms with Crippen LogP contribution in [0.15, 0.2) is 66.9 Å². The SMILES string of the molecule is O=C(CCCN1CCC2(CC1)C(=O)NCN2c1ccccc1)c1cnc2ccccc2c1. The standard InChI is InChI=1S/C26H28N4O2/c31-24(21-17-20-7-4-5-10-23(20)27-18-21)11-6-14-29-15-12-26(13-16-29)25(32)28-19-30(26)22-8-2-1-3-9-22/h1-5,7-10,17-18H,6,11-16,19H2,(H,28,32). The highest BCUT2D eigenvalue weighted by Gasteiger charge is 2.50. The van der Waals surface area contributed by atoms with Gasteiger partial charge in [0.05, 0.1) is 12.2 Å². The van der Waals surface area contributed by atoms with Crippen molar-refractivity contribution in [1.82, 2.24) is 15.2 Å². The summed E-state index contributed by atoms with van der Waals surface area (Å²) in [7, 11) is 0. The number of rotatable bonds is 6. The molecule has 2 fully saturated rings. The van der Waals surface area contributed by atoms with Crippen molar-refractivity contribution in [2.45, 2.75) is 31.2 Å². The maximum Gasteiger partial charge on any atom is 0.247 e. The van der Waals surface area contributed by atoms with Gasteiger partial charge in [-0.05, 0) is 50.1 Å². The molecule has 2 saturated heterocycles. The topological polar surface area (TPSA) is 65.5 Å². The summed E-state index contributed by atoms with van der Waals surface area (Å²) in [5.74, 6) is 0.280. The van der Waals surface area contributed by atoms with Gasteiger partial charge in [-0.25, -0.2) is 0 Å². The molecule has 1 amide bonds. The monoisotopic (exact) mass is 428 g/mol. The maximum absolute atomic E-state index is 12.8. The van der Waals surface area contributed by atoms with E-state index in [4.69, 9.17) is 0 Å². The van der Waals surface area contributed by atoms with E-state index in [0.717, 1.165) is 55.5 Å². The Morgan fingerprint density at radius 3 is 2.59 bits per heavy atom. The molecule has 0 unspecified atom stereocenters. The molecule has 5 rings (SSSR count). The van der Waals surface area contributed by atoms with Crippen LogP contribution < -0.4 is 10.2 Å². The van der Waals surface area contributed by atoms with E-state index in [9.17, 15) is 9.59 Å². The molecule has 6 heteroatoms. The molecule has 0 aliphatic carbocycles. The van der Waals surface area contributed by atoms with Crippen LogP contribution in [0.5, 0.6) is 0 Å². The molecule has 2 aliphatic rings. The highest BCUT2D eigenvalue weighted by Crippen LogP contribution is 2.36. The molecule has 2 aliphatic heterocycles. The summed E-state index contributed by atoms with van der Waals surface area (Å²) < 4.78 is 0. The molecule has 1 aromatic heterocycles. The number of amides is 1. The van der Waals surface area contributed by atoms with E-state index in [2.05, 4.69) is 32.2 Å². The normalized spacial score (nSPS) is 18.2. The van der Waals surface area contributed by atoms with Crippen molar-refractivity contribution in [3.63, 3.8) is 0 Å². The molecular weight excluding hydrogens is 400 g/mol. The van der Waals surface area contributed by atoms with Gasteiger partial charge in [0, 0.05) is 42.3 Å². The van der Waals surface area contributed by atoms with E-state index in [1.165, 1.54) is 0 Å². The lowest BCUT2D eigenvalue weighted by molar-refractivity contribution is -0.125. The Bertz CT molecular complexity index is 1120. The van der Waals surface area contributed by atoms with E-state index in [0.29, 0.717) is 18.7 Å². The highest BCUT2D eigenvalue weighted by atomic mass is 16.2. The van der Waals surface area contributed by atoms with Gasteiger partial charge >= 0.3 is 0 Å². The minimum absolute atomic E-state index is 0.139. The Labute approximate surface area is 188 Å². The number of fused-ring (bicyclic) bond motifs is 1. The molecule has 0 saturated carbocycles. The fourth-order valence-corrected chi connectivity index (χ4v) is 5.01. The fourth-order valence-electron chi connectivity index (χ4n) is 5.01. The number of para-hydroxylation sites is 2. The van der Waals surface area contributed by atoms with Gasteiger partial charge in [-0.1, -0.05) is 36.4 Å². The number of carbonyl (C=O) groups is 2. The summed E-state index contributed by atoms with van der Waals surface area (Å²) in [4.78, 5) is 34.4. The molecule has 2 aromatic carbocycles. The van der Waals surface area contributed by atoms with Crippen LogP contribution in [0.2, 0.25) is 0 Å². The third kappa shape index (κ3) is 3.86. The van der Waals surface area contributed by atoms with E-state index in [-0.39, 0.29) is 11.7 Å². The summed E-state index contributed by atoms with van der Waals surface area (Å²) in [5, 5.41) is 4.05. The Morgan fingerprint density at radius 1 is 1.03 bits per heavy atom. The Kier molecular flexibility index (Phi) is 5.62. The van der Waals surface area contributed by atoms with Crippen molar-refractivity contribution in [2.75, 3.05) is 31.2 Å². The predicted molar refractivity (Wildman–Crippen MR) is 126 cm³/mol. The van der Waals surface area contributed by atoms with Crippen molar-refractivity contribution >= 4 is 28.3 Å². The van der Waals surface area contributed by atoms with Gasteiger partial charge in [-0.2, -0.15) is 0 Å². The van der Waals surface area contributed by atoms with Gasteiger partial charge in [-0.3, -0.25) is 14.6 Å². The zero-order chi connectivity index (χ0) is 22.0. The van der Waals surface area contributed by atoms with Gasteiger partial charge in [0.25, 0.3) is 0 Å². The number of anilines is 1. The molecule has 0 atom stereocenters. The average Bonchev–Trinajstić information content (AvgIpc) is 3.16. The van der Waals surface area contributed by atoms with E-state index in [1.807, 2.05) is 48.5 Å². The van der Waals surface area contributed by atoms with Crippen LogP contribution in [0.4, 0.5) is 5.69 Å². The van der Waals surface area contributed by atoms with Crippen molar-refractivity contribution in [1.29, 1.82) is 0 Å². The Balaban J connectivity index is 1.15. The number of nitrogens with zero attached hydrogens (tertiary/aromatic N) is 3. The summed E-state index contributed by atoms with van der Waals surface area (Å²) in [6.07, 6.45) is 4.62. The lowest BCUT2D eigenvalue weighted by Gasteiger charge is -2.43. The first-order valence-electron chi connectivity index (χ1n) is 11.4. The summed E-state index contributed by atoms with van der Waals surface area (Å²) >= 11 is 0. The largest absolute Gasteiger partial charge is 0.339 e. The van der Waals surface area contributed by atoms with Gasteiger partial charge in [0.2, 0.25) is 5.91 Å². The number of Topliss-reactive ketones (excluding diaryl/α,β-unsaturated/α-hetero) is 1. The smallest absolute Gasteiger partial charge is 0.247 e. The van der Waals surface area contributed by atoms with Crippen molar-refractivity contribution in [2.24, 2.45) is 0 Å². The Morgan fingerprint density at radius 2 is 1.78 bits per heavy atom. The maximum atomic E-state index is 12.8. The van der Waals surface area contributed by atoms with Crippen LogP contribution in [-0.2, 0) is 4.79 Å². The third-order valence-corrected chi connectivity index (χ3v) is 6.88. The predicted octanol–water partition coefficient (Wildman–Crippen LogP) is 3.63. The average molecular weight is 429 g/mol. The van der Waals surface area contributed by atoms with Gasteiger partial charge < -0.3 is 15.1 Å². The summed E-state index contributed by atoms with van der Waals surface area (Å²) in [5.41, 5.74) is 2.23. The van der Waals surface area contributed by atoms with Gasteiger partial charge in [0.15, 0.2) is 5.78 Å². The first kappa shape index (κ1) is 20.6. The quantitative estimate of drug-likeness (QED) is 0.608. The van der Waals surface area contributed by atoms with Crippen LogP contribution in [0, 0.1) is 0 Å². The van der Waals surface area contributed by atoms with Crippen molar-refractivity contribution in [3.8, 4) is 0 Å². The van der Waals surface area contributed by atoms with Crippen LogP contribution in [-0.4, -0.2) is 53.4 Å². The lowest BCUT2D eigenvalue weighted by Crippen LogP contribution is -2.56. The number of carbonyl (C=O) groups excluding carboxylic acids is 2. The Hall–Kier alpha value is -3.25. The van der Waals surface area contributed by atoms with E-state index in [1.54, 1.807) is 6.20 Å². The second-order valence-corrected chi connectivity index (χ2v) is 8.74. The zero-order valence-electron chi connectivity index (χ0n) is 18.2. The number of piperidine rings is 1. The molecule has 3 heterocycles. The number of aromatic nitrogens is 1. The first-order valence-corrected chi connectivity index (χ1v) is 11.4. The number of pyridine rings is 1. The molecule has 1 spiro atoms. The van der Waals surface area contributed by atoms with Gasteiger partial charge in [-0.15, -0.1) is 0 Å². The molecular formula is C26H28N4O2. The first-order chi connectivity index (χ1) is 15.7. The second kappa shape index (κ2) is 8.71. The molecule has 0 radical (unpaired) electrons. The number of likely N-dealkylation sites (tertiary alicyclic amines) is 1. The van der Waals surface area contributed by atoms with Crippen LogP contribution >= 0.6 is 0 Å². The van der Waals surface area contributed by atoms with Crippen molar-refractivity contribution in [3.05, 3.63) is 72.4 Å². The molecule has 0 bridgehead atoms. The number of benzene rings is 2. The molecule has 164 valence electrons. The van der Waals surface area contributed by atoms with Crippen LogP contribution in [0.25, 0.3) is 10.9 Å². The molecule has 1 N–H and O–H groups in total. The second-order valence-electron chi connectivity index (χ2n) is 8.74. The molecule has 32 heavy (non-hydrogen) atoms. The number of hydrogen-bond donors (Lipinski definition) is 1. The zero-order valence-corrected chi connectivity index (χ0v) is 18.2. The summed E-state index contributed by atoms with van der Waals surface area (Å²) in [6.45, 7) is 3.16. The van der Waals surface area contributed by atoms with E-state index < -0.39 is 5.54 Å². The number of hydrogen-bond acceptors (Lipinski definition) is 5. The van der Waals surface area contributed by atoms with Crippen molar-refractivity contribution < 1.29 is 9.59 Å². The van der Waals surface area contributed by atoms with Crippen LogP contribution in [0.1, 0.15) is 36.0 Å². The third-order valence-electron chi connectivity index (χ3n) is 6.88.